The molecule has 188 valence electrons. The zero-order valence-corrected chi connectivity index (χ0v) is 22.1. The van der Waals surface area contributed by atoms with Crippen molar-refractivity contribution in [2.45, 2.75) is 39.3 Å². The molecule has 7 heteroatoms. The molecule has 1 aliphatic rings. The largest absolute Gasteiger partial charge is 0.352 e. The number of hydrogen-bond donors (Lipinski definition) is 2. The van der Waals surface area contributed by atoms with Crippen molar-refractivity contribution in [2.24, 2.45) is 0 Å². The monoisotopic (exact) mass is 509 g/mol. The Morgan fingerprint density at radius 2 is 1.73 bits per heavy atom. The first-order valence-electron chi connectivity index (χ1n) is 12.5. The lowest BCUT2D eigenvalue weighted by Gasteiger charge is -2.28. The van der Waals surface area contributed by atoms with Crippen molar-refractivity contribution in [3.63, 3.8) is 0 Å². The Kier molecular flexibility index (Phi) is 7.06. The Hall–Kier alpha value is -3.97. The first-order valence-corrected chi connectivity index (χ1v) is 12.9. The van der Waals surface area contributed by atoms with E-state index in [0.29, 0.717) is 18.1 Å². The number of anilines is 1. The number of para-hydroxylation sites is 1. The number of benzene rings is 2. The van der Waals surface area contributed by atoms with E-state index in [2.05, 4.69) is 69.3 Å². The molecule has 0 radical (unpaired) electrons. The maximum Gasteiger partial charge on any atom is 0.226 e. The fourth-order valence-electron chi connectivity index (χ4n) is 5.13. The summed E-state index contributed by atoms with van der Waals surface area (Å²) in [5.41, 5.74) is 7.46. The van der Waals surface area contributed by atoms with Crippen molar-refractivity contribution >= 4 is 28.9 Å². The Morgan fingerprint density at radius 3 is 2.43 bits per heavy atom. The third-order valence-electron chi connectivity index (χ3n) is 6.92. The molecule has 37 heavy (non-hydrogen) atoms. The summed E-state index contributed by atoms with van der Waals surface area (Å²) in [4.78, 5) is 19.6. The molecule has 0 bridgehead atoms. The SMILES string of the molecule is Cc1ccc(NC(=O)CCN2C(=S)NC(c3ccccn3)C2c2cc(C)n(-c3ccccc3)c2C)cc1. The molecular formula is C30H31N5OS. The Labute approximate surface area is 223 Å². The number of nitrogens with zero attached hydrogens (tertiary/aromatic N) is 3. The smallest absolute Gasteiger partial charge is 0.226 e. The van der Waals surface area contributed by atoms with Gasteiger partial charge < -0.3 is 20.1 Å². The number of hydrogen-bond acceptors (Lipinski definition) is 3. The molecule has 1 amide bonds. The standard InChI is InChI=1S/C30H31N5OS/c1-20-12-14-23(15-13-20)32-27(36)16-18-34-29(28(33-30(34)37)26-11-7-8-17-31-26)25-19-21(2)35(22(25)3)24-9-5-4-6-10-24/h4-15,17,19,28-29H,16,18H2,1-3H3,(H,32,36)(H,33,37). The first-order chi connectivity index (χ1) is 17.9. The predicted octanol–water partition coefficient (Wildman–Crippen LogP) is 5.80. The van der Waals surface area contributed by atoms with Gasteiger partial charge in [-0.25, -0.2) is 0 Å². The van der Waals surface area contributed by atoms with Crippen LogP contribution >= 0.6 is 12.2 Å². The quantitative estimate of drug-likeness (QED) is 0.309. The maximum atomic E-state index is 12.8. The highest BCUT2D eigenvalue weighted by atomic mass is 32.1. The third kappa shape index (κ3) is 5.13. The van der Waals surface area contributed by atoms with Crippen LogP contribution in [0.5, 0.6) is 0 Å². The third-order valence-corrected chi connectivity index (χ3v) is 7.27. The molecule has 2 atom stereocenters. The number of thiocarbonyl (C=S) groups is 1. The lowest BCUT2D eigenvalue weighted by atomic mass is 9.96. The highest BCUT2D eigenvalue weighted by molar-refractivity contribution is 7.80. The van der Waals surface area contributed by atoms with E-state index >= 15 is 0 Å². The van der Waals surface area contributed by atoms with E-state index in [9.17, 15) is 4.79 Å². The number of carbonyl (C=O) groups is 1. The van der Waals surface area contributed by atoms with Gasteiger partial charge in [-0.15, -0.1) is 0 Å². The average molecular weight is 510 g/mol. The molecule has 5 rings (SSSR count). The van der Waals surface area contributed by atoms with Crippen LogP contribution in [0.2, 0.25) is 0 Å². The summed E-state index contributed by atoms with van der Waals surface area (Å²) >= 11 is 5.82. The van der Waals surface area contributed by atoms with Crippen LogP contribution < -0.4 is 10.6 Å². The van der Waals surface area contributed by atoms with Gasteiger partial charge >= 0.3 is 0 Å². The number of rotatable bonds is 7. The van der Waals surface area contributed by atoms with Gasteiger partial charge in [-0.3, -0.25) is 9.78 Å². The lowest BCUT2D eigenvalue weighted by Crippen LogP contribution is -2.32. The summed E-state index contributed by atoms with van der Waals surface area (Å²) in [5.74, 6) is -0.0403. The number of aromatic nitrogens is 2. The van der Waals surface area contributed by atoms with E-state index in [4.69, 9.17) is 12.2 Å². The predicted molar refractivity (Wildman–Crippen MR) is 152 cm³/mol. The molecule has 3 heterocycles. The van der Waals surface area contributed by atoms with Crippen LogP contribution in [-0.2, 0) is 4.79 Å². The van der Waals surface area contributed by atoms with Gasteiger partial charge in [-0.2, -0.15) is 0 Å². The fourth-order valence-corrected chi connectivity index (χ4v) is 5.46. The molecule has 2 aromatic heterocycles. The number of nitrogens with one attached hydrogen (secondary N) is 2. The molecule has 1 aliphatic heterocycles. The molecule has 2 aromatic carbocycles. The number of amides is 1. The van der Waals surface area contributed by atoms with Gasteiger partial charge in [0.25, 0.3) is 0 Å². The van der Waals surface area contributed by atoms with Crippen LogP contribution in [0.4, 0.5) is 5.69 Å². The molecule has 6 nitrogen and oxygen atoms in total. The highest BCUT2D eigenvalue weighted by Crippen LogP contribution is 2.41. The summed E-state index contributed by atoms with van der Waals surface area (Å²) in [6.45, 7) is 6.79. The van der Waals surface area contributed by atoms with Gasteiger partial charge in [0.1, 0.15) is 0 Å². The van der Waals surface area contributed by atoms with Gasteiger partial charge in [0.05, 0.1) is 17.8 Å². The zero-order valence-electron chi connectivity index (χ0n) is 21.3. The molecule has 0 aliphatic carbocycles. The van der Waals surface area contributed by atoms with Crippen LogP contribution in [0.25, 0.3) is 5.69 Å². The number of pyridine rings is 1. The summed E-state index contributed by atoms with van der Waals surface area (Å²) in [5, 5.41) is 7.14. The Bertz CT molecular complexity index is 1400. The van der Waals surface area contributed by atoms with Crippen LogP contribution in [0, 0.1) is 20.8 Å². The van der Waals surface area contributed by atoms with Crippen LogP contribution in [0.1, 0.15) is 46.7 Å². The minimum atomic E-state index is -0.126. The normalized spacial score (nSPS) is 17.1. The average Bonchev–Trinajstić information content (AvgIpc) is 3.39. The van der Waals surface area contributed by atoms with Crippen molar-refractivity contribution in [3.8, 4) is 5.69 Å². The second-order valence-corrected chi connectivity index (χ2v) is 9.87. The van der Waals surface area contributed by atoms with Crippen molar-refractivity contribution in [1.29, 1.82) is 0 Å². The van der Waals surface area contributed by atoms with Crippen molar-refractivity contribution in [1.82, 2.24) is 19.8 Å². The topological polar surface area (TPSA) is 62.2 Å². The molecule has 2 unspecified atom stereocenters. The van der Waals surface area contributed by atoms with Gasteiger partial charge in [0, 0.05) is 41.9 Å². The first kappa shape index (κ1) is 24.7. The molecule has 0 saturated carbocycles. The van der Waals surface area contributed by atoms with Crippen LogP contribution in [-0.4, -0.2) is 32.0 Å². The van der Waals surface area contributed by atoms with E-state index in [-0.39, 0.29) is 18.0 Å². The minimum Gasteiger partial charge on any atom is -0.352 e. The number of carbonyl (C=O) groups excluding carboxylic acids is 1. The molecule has 1 fully saturated rings. The molecule has 2 N–H and O–H groups in total. The fraction of sp³-hybridized carbons (Fsp3) is 0.233. The van der Waals surface area contributed by atoms with Crippen molar-refractivity contribution < 1.29 is 4.79 Å². The second kappa shape index (κ2) is 10.6. The summed E-state index contributed by atoms with van der Waals surface area (Å²) in [6, 6.07) is 26.1. The van der Waals surface area contributed by atoms with Gasteiger partial charge in [-0.1, -0.05) is 42.0 Å². The molecular weight excluding hydrogens is 478 g/mol. The van der Waals surface area contributed by atoms with E-state index in [1.165, 1.54) is 5.56 Å². The van der Waals surface area contributed by atoms with Crippen molar-refractivity contribution in [2.75, 3.05) is 11.9 Å². The van der Waals surface area contributed by atoms with Crippen LogP contribution in [0.3, 0.4) is 0 Å². The summed E-state index contributed by atoms with van der Waals surface area (Å²) in [7, 11) is 0. The lowest BCUT2D eigenvalue weighted by molar-refractivity contribution is -0.116. The molecule has 1 saturated heterocycles. The van der Waals surface area contributed by atoms with E-state index < -0.39 is 0 Å². The van der Waals surface area contributed by atoms with Crippen molar-refractivity contribution in [3.05, 3.63) is 113 Å². The number of aryl methyl sites for hydroxylation is 2. The van der Waals surface area contributed by atoms with E-state index in [0.717, 1.165) is 34.0 Å². The maximum absolute atomic E-state index is 12.8. The summed E-state index contributed by atoms with van der Waals surface area (Å²) < 4.78 is 2.27. The molecule has 0 spiro atoms. The van der Waals surface area contributed by atoms with E-state index in [1.807, 2.05) is 61.7 Å². The van der Waals surface area contributed by atoms with Gasteiger partial charge in [-0.05, 0) is 81.0 Å². The highest BCUT2D eigenvalue weighted by Gasteiger charge is 2.41. The van der Waals surface area contributed by atoms with E-state index in [1.54, 1.807) is 0 Å². The summed E-state index contributed by atoms with van der Waals surface area (Å²) in [6.07, 6.45) is 2.13. The Morgan fingerprint density at radius 1 is 1.00 bits per heavy atom. The van der Waals surface area contributed by atoms with Gasteiger partial charge in [0.2, 0.25) is 5.91 Å². The molecule has 4 aromatic rings. The Balaban J connectivity index is 1.45. The second-order valence-electron chi connectivity index (χ2n) is 9.48. The van der Waals surface area contributed by atoms with Crippen LogP contribution in [0.15, 0.2) is 85.1 Å². The van der Waals surface area contributed by atoms with Gasteiger partial charge in [0.15, 0.2) is 5.11 Å². The minimum absolute atomic E-state index is 0.0403. The zero-order chi connectivity index (χ0) is 25.9.